The minimum absolute atomic E-state index is 0.559. The molecule has 2 nitrogen and oxygen atoms in total. The molecule has 0 radical (unpaired) electrons. The Kier molecular flexibility index (Phi) is 3.22. The Hall–Kier alpha value is -1.02. The Bertz CT molecular complexity index is 484. The SMILES string of the molecule is NCC1CCc2ccccc2N1CC1CC2CCC1C2. The first-order valence-electron chi connectivity index (χ1n) is 8.39. The zero-order valence-electron chi connectivity index (χ0n) is 12.3. The molecule has 0 aromatic heterocycles. The summed E-state index contributed by atoms with van der Waals surface area (Å²) in [5, 5.41) is 0. The first kappa shape index (κ1) is 12.7. The third kappa shape index (κ3) is 2.05. The van der Waals surface area contributed by atoms with Gasteiger partial charge in [0.2, 0.25) is 0 Å². The van der Waals surface area contributed by atoms with E-state index in [4.69, 9.17) is 5.73 Å². The van der Waals surface area contributed by atoms with Gasteiger partial charge in [-0.05, 0) is 61.5 Å². The van der Waals surface area contributed by atoms with Crippen molar-refractivity contribution in [2.45, 2.75) is 44.6 Å². The van der Waals surface area contributed by atoms with Crippen LogP contribution in [0.1, 0.15) is 37.7 Å². The van der Waals surface area contributed by atoms with Crippen molar-refractivity contribution in [3.63, 3.8) is 0 Å². The van der Waals surface area contributed by atoms with Gasteiger partial charge in [-0.1, -0.05) is 24.6 Å². The van der Waals surface area contributed by atoms with E-state index in [0.29, 0.717) is 6.04 Å². The van der Waals surface area contributed by atoms with Crippen LogP contribution in [-0.4, -0.2) is 19.1 Å². The highest BCUT2D eigenvalue weighted by molar-refractivity contribution is 5.56. The van der Waals surface area contributed by atoms with Gasteiger partial charge < -0.3 is 10.6 Å². The highest BCUT2D eigenvalue weighted by atomic mass is 15.2. The molecule has 4 unspecified atom stereocenters. The van der Waals surface area contributed by atoms with Crippen LogP contribution in [0.4, 0.5) is 5.69 Å². The van der Waals surface area contributed by atoms with Crippen molar-refractivity contribution in [3.05, 3.63) is 29.8 Å². The quantitative estimate of drug-likeness (QED) is 0.914. The number of rotatable bonds is 3. The van der Waals surface area contributed by atoms with Gasteiger partial charge in [0, 0.05) is 24.8 Å². The first-order valence-corrected chi connectivity index (χ1v) is 8.39. The molecule has 2 saturated carbocycles. The minimum Gasteiger partial charge on any atom is -0.367 e. The molecule has 0 saturated heterocycles. The van der Waals surface area contributed by atoms with Gasteiger partial charge in [-0.25, -0.2) is 0 Å². The van der Waals surface area contributed by atoms with Gasteiger partial charge in [0.1, 0.15) is 0 Å². The highest BCUT2D eigenvalue weighted by Crippen LogP contribution is 2.49. The Balaban J connectivity index is 1.58. The number of nitrogens with two attached hydrogens (primary N) is 1. The number of fused-ring (bicyclic) bond motifs is 3. The Morgan fingerprint density at radius 3 is 2.75 bits per heavy atom. The molecule has 2 fully saturated rings. The summed E-state index contributed by atoms with van der Waals surface area (Å²) < 4.78 is 0. The second kappa shape index (κ2) is 5.07. The summed E-state index contributed by atoms with van der Waals surface area (Å²) in [5.74, 6) is 2.97. The molecule has 20 heavy (non-hydrogen) atoms. The molecule has 4 atom stereocenters. The third-order valence-corrected chi connectivity index (χ3v) is 6.08. The van der Waals surface area contributed by atoms with Gasteiger partial charge in [-0.3, -0.25) is 0 Å². The number of benzene rings is 1. The van der Waals surface area contributed by atoms with Crippen molar-refractivity contribution in [1.82, 2.24) is 0 Å². The molecule has 2 N–H and O–H groups in total. The summed E-state index contributed by atoms with van der Waals surface area (Å²) in [6.07, 6.45) is 8.39. The monoisotopic (exact) mass is 270 g/mol. The predicted molar refractivity (Wildman–Crippen MR) is 83.9 cm³/mol. The lowest BCUT2D eigenvalue weighted by Crippen LogP contribution is -2.47. The van der Waals surface area contributed by atoms with E-state index in [-0.39, 0.29) is 0 Å². The largest absolute Gasteiger partial charge is 0.367 e. The van der Waals surface area contributed by atoms with Crippen LogP contribution in [0, 0.1) is 17.8 Å². The maximum atomic E-state index is 6.06. The van der Waals surface area contributed by atoms with E-state index in [1.807, 2.05) is 0 Å². The van der Waals surface area contributed by atoms with E-state index in [1.165, 1.54) is 56.3 Å². The summed E-state index contributed by atoms with van der Waals surface area (Å²) in [6, 6.07) is 9.53. The Morgan fingerprint density at radius 1 is 1.10 bits per heavy atom. The number of hydrogen-bond donors (Lipinski definition) is 1. The second-order valence-corrected chi connectivity index (χ2v) is 7.14. The summed E-state index contributed by atoms with van der Waals surface area (Å²) in [7, 11) is 0. The van der Waals surface area contributed by atoms with Gasteiger partial charge in [0.15, 0.2) is 0 Å². The molecule has 1 aliphatic heterocycles. The number of aryl methyl sites for hydroxylation is 1. The number of anilines is 1. The van der Waals surface area contributed by atoms with Crippen LogP contribution in [0.3, 0.4) is 0 Å². The molecule has 3 aliphatic rings. The average Bonchev–Trinajstić information content (AvgIpc) is 3.10. The van der Waals surface area contributed by atoms with E-state index in [1.54, 1.807) is 0 Å². The standard InChI is InChI=1S/C18H26N2/c19-11-17-8-7-14-3-1-2-4-18(14)20(17)12-16-10-13-5-6-15(16)9-13/h1-4,13,15-17H,5-12,19H2. The fourth-order valence-electron chi connectivity index (χ4n) is 5.02. The van der Waals surface area contributed by atoms with Crippen LogP contribution in [-0.2, 0) is 6.42 Å². The highest BCUT2D eigenvalue weighted by Gasteiger charge is 2.41. The molecular formula is C18H26N2. The molecule has 0 spiro atoms. The molecule has 2 heteroatoms. The lowest BCUT2D eigenvalue weighted by Gasteiger charge is -2.41. The molecule has 0 amide bonds. The van der Waals surface area contributed by atoms with E-state index < -0.39 is 0 Å². The topological polar surface area (TPSA) is 29.3 Å². The normalized spacial score (nSPS) is 35.4. The second-order valence-electron chi connectivity index (χ2n) is 7.14. The Labute approximate surface area is 122 Å². The van der Waals surface area contributed by atoms with Crippen molar-refractivity contribution < 1.29 is 0 Å². The average molecular weight is 270 g/mol. The molecule has 1 aromatic rings. The van der Waals surface area contributed by atoms with E-state index in [0.717, 1.165) is 24.3 Å². The summed E-state index contributed by atoms with van der Waals surface area (Å²) in [6.45, 7) is 2.05. The van der Waals surface area contributed by atoms with Crippen LogP contribution in [0.5, 0.6) is 0 Å². The molecule has 1 heterocycles. The van der Waals surface area contributed by atoms with Crippen molar-refractivity contribution >= 4 is 5.69 Å². The van der Waals surface area contributed by atoms with Crippen LogP contribution in [0.25, 0.3) is 0 Å². The third-order valence-electron chi connectivity index (χ3n) is 6.08. The van der Waals surface area contributed by atoms with Crippen molar-refractivity contribution in [1.29, 1.82) is 0 Å². The van der Waals surface area contributed by atoms with E-state index in [9.17, 15) is 0 Å². The maximum Gasteiger partial charge on any atom is 0.0415 e. The number of hydrogen-bond acceptors (Lipinski definition) is 2. The van der Waals surface area contributed by atoms with E-state index in [2.05, 4.69) is 29.2 Å². The maximum absolute atomic E-state index is 6.06. The summed E-state index contributed by atoms with van der Waals surface area (Å²) in [5.41, 5.74) is 9.06. The van der Waals surface area contributed by atoms with Gasteiger partial charge >= 0.3 is 0 Å². The van der Waals surface area contributed by atoms with Gasteiger partial charge in [-0.15, -0.1) is 0 Å². The number of nitrogens with zero attached hydrogens (tertiary/aromatic N) is 1. The van der Waals surface area contributed by atoms with E-state index >= 15 is 0 Å². The van der Waals surface area contributed by atoms with Crippen LogP contribution in [0.2, 0.25) is 0 Å². The molecular weight excluding hydrogens is 244 g/mol. The van der Waals surface area contributed by atoms with Crippen LogP contribution >= 0.6 is 0 Å². The van der Waals surface area contributed by atoms with Crippen LogP contribution in [0.15, 0.2) is 24.3 Å². The zero-order chi connectivity index (χ0) is 13.5. The van der Waals surface area contributed by atoms with Crippen molar-refractivity contribution in [2.24, 2.45) is 23.5 Å². The molecule has 108 valence electrons. The van der Waals surface area contributed by atoms with Crippen molar-refractivity contribution in [2.75, 3.05) is 18.0 Å². The molecule has 1 aromatic carbocycles. The molecule has 2 bridgehead atoms. The summed E-state index contributed by atoms with van der Waals surface area (Å²) in [4.78, 5) is 2.66. The number of para-hydroxylation sites is 1. The lowest BCUT2D eigenvalue weighted by atomic mass is 9.86. The zero-order valence-corrected chi connectivity index (χ0v) is 12.3. The van der Waals surface area contributed by atoms with Crippen LogP contribution < -0.4 is 10.6 Å². The van der Waals surface area contributed by atoms with Gasteiger partial charge in [-0.2, -0.15) is 0 Å². The fourth-order valence-corrected chi connectivity index (χ4v) is 5.02. The predicted octanol–water partition coefficient (Wildman–Crippen LogP) is 3.20. The summed E-state index contributed by atoms with van der Waals surface area (Å²) >= 11 is 0. The Morgan fingerprint density at radius 2 is 2.00 bits per heavy atom. The lowest BCUT2D eigenvalue weighted by molar-refractivity contribution is 0.322. The fraction of sp³-hybridized carbons (Fsp3) is 0.667. The van der Waals surface area contributed by atoms with Gasteiger partial charge in [0.05, 0.1) is 0 Å². The molecule has 4 rings (SSSR count). The minimum atomic E-state index is 0.559. The first-order chi connectivity index (χ1) is 9.85. The van der Waals surface area contributed by atoms with Crippen molar-refractivity contribution in [3.8, 4) is 0 Å². The molecule has 2 aliphatic carbocycles. The van der Waals surface area contributed by atoms with Gasteiger partial charge in [0.25, 0.3) is 0 Å². The smallest absolute Gasteiger partial charge is 0.0415 e.